The topological polar surface area (TPSA) is 67.2 Å². The van der Waals surface area contributed by atoms with Gasteiger partial charge in [-0.05, 0) is 50.8 Å². The van der Waals surface area contributed by atoms with Gasteiger partial charge in [-0.1, -0.05) is 0 Å². The fourth-order valence-electron chi connectivity index (χ4n) is 2.09. The van der Waals surface area contributed by atoms with Crippen LogP contribution in [0.3, 0.4) is 0 Å². The molecule has 1 atom stereocenters. The predicted molar refractivity (Wildman–Crippen MR) is 74.7 cm³/mol. The largest absolute Gasteiger partial charge is 0.399 e. The van der Waals surface area contributed by atoms with Crippen LogP contribution in [0.15, 0.2) is 18.2 Å². The van der Waals surface area contributed by atoms with E-state index < -0.39 is 0 Å². The first-order chi connectivity index (χ1) is 8.61. The fraction of sp³-hybridized carbons (Fsp3) is 0.500. The van der Waals surface area contributed by atoms with Gasteiger partial charge in [0.05, 0.1) is 5.56 Å². The van der Waals surface area contributed by atoms with Gasteiger partial charge in [-0.2, -0.15) is 0 Å². The minimum atomic E-state index is -0.0528. The fourth-order valence-corrected chi connectivity index (χ4v) is 2.09. The maximum Gasteiger partial charge on any atom is 0.253 e. The van der Waals surface area contributed by atoms with Crippen molar-refractivity contribution in [2.24, 2.45) is 5.92 Å². The zero-order chi connectivity index (χ0) is 13.1. The van der Waals surface area contributed by atoms with Crippen LogP contribution in [0.4, 0.5) is 11.4 Å². The van der Waals surface area contributed by atoms with Crippen LogP contribution in [0.1, 0.15) is 37.0 Å². The van der Waals surface area contributed by atoms with E-state index >= 15 is 0 Å². The molecular formula is C14H21N3O. The van der Waals surface area contributed by atoms with Gasteiger partial charge in [0.25, 0.3) is 5.91 Å². The minimum Gasteiger partial charge on any atom is -0.399 e. The summed E-state index contributed by atoms with van der Waals surface area (Å²) in [6.07, 6.45) is 2.54. The Morgan fingerprint density at radius 2 is 2.22 bits per heavy atom. The molecular weight excluding hydrogens is 226 g/mol. The molecule has 1 fully saturated rings. The Morgan fingerprint density at radius 1 is 1.50 bits per heavy atom. The van der Waals surface area contributed by atoms with Gasteiger partial charge in [0.2, 0.25) is 0 Å². The molecule has 1 aromatic rings. The Labute approximate surface area is 108 Å². The number of carbonyl (C=O) groups is 1. The summed E-state index contributed by atoms with van der Waals surface area (Å²) in [7, 11) is 0. The summed E-state index contributed by atoms with van der Waals surface area (Å²) in [5, 5.41) is 6.23. The molecule has 0 aromatic heterocycles. The highest BCUT2D eigenvalue weighted by atomic mass is 16.1. The summed E-state index contributed by atoms with van der Waals surface area (Å²) in [6.45, 7) is 4.69. The standard InChI is InChI=1S/C14H21N3O/c1-3-16-14(18)12-7-6-11(15)8-13(12)17-9(2)10-4-5-10/h6-10,17H,3-5,15H2,1-2H3,(H,16,18). The normalized spacial score (nSPS) is 16.1. The summed E-state index contributed by atoms with van der Waals surface area (Å²) in [5.41, 5.74) is 7.97. The van der Waals surface area contributed by atoms with Crippen molar-refractivity contribution >= 4 is 17.3 Å². The first-order valence-corrected chi connectivity index (χ1v) is 6.56. The second kappa shape index (κ2) is 5.29. The molecule has 1 amide bonds. The maximum absolute atomic E-state index is 12.0. The highest BCUT2D eigenvalue weighted by molar-refractivity contribution is 6.00. The van der Waals surface area contributed by atoms with Crippen LogP contribution in [0.2, 0.25) is 0 Å². The minimum absolute atomic E-state index is 0.0528. The average molecular weight is 247 g/mol. The zero-order valence-corrected chi connectivity index (χ0v) is 11.0. The van der Waals surface area contributed by atoms with Gasteiger partial charge in [-0.15, -0.1) is 0 Å². The molecule has 0 spiro atoms. The molecule has 0 heterocycles. The van der Waals surface area contributed by atoms with Crippen molar-refractivity contribution in [2.75, 3.05) is 17.6 Å². The van der Waals surface area contributed by atoms with Crippen LogP contribution in [0, 0.1) is 5.92 Å². The van der Waals surface area contributed by atoms with Crippen LogP contribution in [0.5, 0.6) is 0 Å². The number of nitrogen functional groups attached to an aromatic ring is 1. The summed E-state index contributed by atoms with van der Waals surface area (Å²) in [6, 6.07) is 5.77. The molecule has 0 bridgehead atoms. The first-order valence-electron chi connectivity index (χ1n) is 6.56. The van der Waals surface area contributed by atoms with Gasteiger partial charge in [-0.3, -0.25) is 4.79 Å². The molecule has 98 valence electrons. The third-order valence-corrected chi connectivity index (χ3v) is 3.34. The van der Waals surface area contributed by atoms with Gasteiger partial charge >= 0.3 is 0 Å². The summed E-state index contributed by atoms with van der Waals surface area (Å²) in [4.78, 5) is 12.0. The van der Waals surface area contributed by atoms with E-state index in [1.54, 1.807) is 12.1 Å². The van der Waals surface area contributed by atoms with Crippen molar-refractivity contribution in [3.05, 3.63) is 23.8 Å². The second-order valence-electron chi connectivity index (χ2n) is 4.93. The van der Waals surface area contributed by atoms with Gasteiger partial charge < -0.3 is 16.4 Å². The average Bonchev–Trinajstić information content (AvgIpc) is 3.13. The molecule has 0 radical (unpaired) electrons. The number of nitrogens with one attached hydrogen (secondary N) is 2. The number of hydrogen-bond donors (Lipinski definition) is 3. The molecule has 2 rings (SSSR count). The molecule has 0 aliphatic heterocycles. The van der Waals surface area contributed by atoms with Crippen LogP contribution >= 0.6 is 0 Å². The number of hydrogen-bond acceptors (Lipinski definition) is 3. The molecule has 1 aliphatic rings. The Morgan fingerprint density at radius 3 is 2.83 bits per heavy atom. The zero-order valence-electron chi connectivity index (χ0n) is 11.0. The molecule has 4 nitrogen and oxygen atoms in total. The number of rotatable bonds is 5. The van der Waals surface area contributed by atoms with Gasteiger partial charge in [0.15, 0.2) is 0 Å². The molecule has 1 unspecified atom stereocenters. The summed E-state index contributed by atoms with van der Waals surface area (Å²) in [5.74, 6) is 0.677. The Balaban J connectivity index is 2.19. The van der Waals surface area contributed by atoms with E-state index in [0.717, 1.165) is 11.6 Å². The lowest BCUT2D eigenvalue weighted by molar-refractivity contribution is 0.0956. The van der Waals surface area contributed by atoms with E-state index in [0.29, 0.717) is 23.8 Å². The molecule has 1 aliphatic carbocycles. The van der Waals surface area contributed by atoms with E-state index in [1.165, 1.54) is 12.8 Å². The van der Waals surface area contributed by atoms with E-state index in [9.17, 15) is 4.79 Å². The lowest BCUT2D eigenvalue weighted by Gasteiger charge is -2.18. The van der Waals surface area contributed by atoms with Gasteiger partial charge in [-0.25, -0.2) is 0 Å². The maximum atomic E-state index is 12.0. The molecule has 4 heteroatoms. The lowest BCUT2D eigenvalue weighted by atomic mass is 10.1. The van der Waals surface area contributed by atoms with Crippen molar-refractivity contribution in [3.8, 4) is 0 Å². The number of benzene rings is 1. The molecule has 1 saturated carbocycles. The highest BCUT2D eigenvalue weighted by Crippen LogP contribution is 2.34. The Hall–Kier alpha value is -1.71. The van der Waals surface area contributed by atoms with Crippen molar-refractivity contribution in [3.63, 3.8) is 0 Å². The molecule has 18 heavy (non-hydrogen) atoms. The van der Waals surface area contributed by atoms with Crippen molar-refractivity contribution in [1.29, 1.82) is 0 Å². The summed E-state index contributed by atoms with van der Waals surface area (Å²) < 4.78 is 0. The quantitative estimate of drug-likeness (QED) is 0.699. The highest BCUT2D eigenvalue weighted by Gasteiger charge is 2.28. The first kappa shape index (κ1) is 12.7. The second-order valence-corrected chi connectivity index (χ2v) is 4.93. The van der Waals surface area contributed by atoms with E-state index in [-0.39, 0.29) is 5.91 Å². The van der Waals surface area contributed by atoms with Gasteiger partial charge in [0.1, 0.15) is 0 Å². The van der Waals surface area contributed by atoms with Crippen molar-refractivity contribution in [2.45, 2.75) is 32.7 Å². The smallest absolute Gasteiger partial charge is 0.253 e. The number of carbonyl (C=O) groups excluding carboxylic acids is 1. The van der Waals surface area contributed by atoms with Crippen molar-refractivity contribution < 1.29 is 4.79 Å². The lowest BCUT2D eigenvalue weighted by Crippen LogP contribution is -2.26. The van der Waals surface area contributed by atoms with Crippen LogP contribution in [-0.4, -0.2) is 18.5 Å². The Bertz CT molecular complexity index is 441. The van der Waals surface area contributed by atoms with E-state index in [1.807, 2.05) is 13.0 Å². The van der Waals surface area contributed by atoms with E-state index in [2.05, 4.69) is 17.6 Å². The van der Waals surface area contributed by atoms with Gasteiger partial charge in [0, 0.05) is 24.0 Å². The third kappa shape index (κ3) is 2.94. The molecule has 0 saturated heterocycles. The van der Waals surface area contributed by atoms with E-state index in [4.69, 9.17) is 5.73 Å². The van der Waals surface area contributed by atoms with Crippen LogP contribution in [-0.2, 0) is 0 Å². The number of amides is 1. The van der Waals surface area contributed by atoms with Crippen molar-refractivity contribution in [1.82, 2.24) is 5.32 Å². The SMILES string of the molecule is CCNC(=O)c1ccc(N)cc1NC(C)C1CC1. The Kier molecular flexibility index (Phi) is 3.75. The number of nitrogens with two attached hydrogens (primary N) is 1. The van der Waals surface area contributed by atoms with Crippen LogP contribution < -0.4 is 16.4 Å². The summed E-state index contributed by atoms with van der Waals surface area (Å²) >= 11 is 0. The third-order valence-electron chi connectivity index (χ3n) is 3.34. The monoisotopic (exact) mass is 247 g/mol. The predicted octanol–water partition coefficient (Wildman–Crippen LogP) is 2.23. The number of anilines is 2. The molecule has 4 N–H and O–H groups in total. The van der Waals surface area contributed by atoms with Crippen LogP contribution in [0.25, 0.3) is 0 Å². The molecule has 1 aromatic carbocycles.